The topological polar surface area (TPSA) is 3.24 Å². The van der Waals surface area contributed by atoms with Crippen molar-refractivity contribution in [3.05, 3.63) is 48.5 Å². The predicted octanol–water partition coefficient (Wildman–Crippen LogP) is 2.81. The van der Waals surface area contributed by atoms with Gasteiger partial charge in [-0.15, -0.1) is 0 Å². The van der Waals surface area contributed by atoms with E-state index in [-0.39, 0.29) is 0 Å². The van der Waals surface area contributed by atoms with Crippen LogP contribution in [0.1, 0.15) is 13.8 Å². The lowest BCUT2D eigenvalue weighted by atomic mass is 10.2. The lowest BCUT2D eigenvalue weighted by molar-refractivity contribution is 0.641. The minimum atomic E-state index is 1.01. The average molecular weight is 147 g/mol. The fourth-order valence-electron chi connectivity index (χ4n) is 0.958. The molecule has 0 fully saturated rings. The van der Waals surface area contributed by atoms with E-state index in [0.29, 0.717) is 0 Å². The molecule has 58 valence electrons. The van der Waals surface area contributed by atoms with Gasteiger partial charge in [-0.1, -0.05) is 18.7 Å². The summed E-state index contributed by atoms with van der Waals surface area (Å²) in [6.07, 6.45) is 10.1. The van der Waals surface area contributed by atoms with Crippen LogP contribution in [-0.2, 0) is 0 Å². The first-order valence-electron chi connectivity index (χ1n) is 3.70. The van der Waals surface area contributed by atoms with Crippen LogP contribution in [0, 0.1) is 0 Å². The maximum Gasteiger partial charge on any atom is 0.0377 e. The van der Waals surface area contributed by atoms with E-state index in [1.165, 1.54) is 5.57 Å². The molecule has 0 atom stereocenters. The summed E-state index contributed by atoms with van der Waals surface area (Å²) in [5.41, 5.74) is 2.25. The molecule has 0 bridgehead atoms. The predicted molar refractivity (Wildman–Crippen MR) is 48.7 cm³/mol. The van der Waals surface area contributed by atoms with Crippen molar-refractivity contribution in [1.29, 1.82) is 0 Å². The molecule has 0 saturated heterocycles. The summed E-state index contributed by atoms with van der Waals surface area (Å²) < 4.78 is 0. The lowest BCUT2D eigenvalue weighted by Gasteiger charge is -2.19. The highest BCUT2D eigenvalue weighted by molar-refractivity contribution is 5.32. The first-order valence-corrected chi connectivity index (χ1v) is 3.70. The van der Waals surface area contributed by atoms with Crippen molar-refractivity contribution >= 4 is 0 Å². The standard InChI is InChI=1S/C10H13N/c1-4-7-11-8-9(2)5-6-10(11)3/h4-8H,3H2,1-2H3/b7-4-. The Morgan fingerprint density at radius 3 is 2.82 bits per heavy atom. The Bertz CT molecular complexity index is 244. The quantitative estimate of drug-likeness (QED) is 0.551. The summed E-state index contributed by atoms with van der Waals surface area (Å²) in [5, 5.41) is 0. The van der Waals surface area contributed by atoms with Gasteiger partial charge in [0.25, 0.3) is 0 Å². The third-order valence-electron chi connectivity index (χ3n) is 1.52. The zero-order valence-corrected chi connectivity index (χ0v) is 7.04. The molecule has 1 heteroatoms. The minimum absolute atomic E-state index is 1.01. The van der Waals surface area contributed by atoms with Crippen LogP contribution in [0.5, 0.6) is 0 Å². The largest absolute Gasteiger partial charge is 0.325 e. The van der Waals surface area contributed by atoms with Crippen LogP contribution in [0.3, 0.4) is 0 Å². The summed E-state index contributed by atoms with van der Waals surface area (Å²) in [6.45, 7) is 7.96. The van der Waals surface area contributed by atoms with Gasteiger partial charge in [-0.05, 0) is 25.5 Å². The van der Waals surface area contributed by atoms with Gasteiger partial charge in [0, 0.05) is 18.1 Å². The highest BCUT2D eigenvalue weighted by Gasteiger charge is 2.01. The highest BCUT2D eigenvalue weighted by atomic mass is 15.1. The van der Waals surface area contributed by atoms with Crippen molar-refractivity contribution in [1.82, 2.24) is 4.90 Å². The van der Waals surface area contributed by atoms with Crippen molar-refractivity contribution in [3.63, 3.8) is 0 Å². The number of allylic oxidation sites excluding steroid dienone is 4. The molecule has 0 amide bonds. The molecule has 0 unspecified atom stereocenters. The zero-order valence-electron chi connectivity index (χ0n) is 7.04. The van der Waals surface area contributed by atoms with Crippen LogP contribution < -0.4 is 0 Å². The first-order chi connectivity index (χ1) is 5.24. The lowest BCUT2D eigenvalue weighted by Crippen LogP contribution is -2.09. The Labute approximate surface area is 68.0 Å². The molecule has 0 spiro atoms. The van der Waals surface area contributed by atoms with Crippen LogP contribution in [0.15, 0.2) is 48.5 Å². The molecule has 0 aromatic rings. The second kappa shape index (κ2) is 3.24. The maximum atomic E-state index is 3.89. The Kier molecular flexibility index (Phi) is 2.32. The van der Waals surface area contributed by atoms with Gasteiger partial charge in [-0.25, -0.2) is 0 Å². The van der Waals surface area contributed by atoms with Crippen molar-refractivity contribution in [2.45, 2.75) is 13.8 Å². The molecule has 1 aliphatic heterocycles. The Hall–Kier alpha value is -1.24. The van der Waals surface area contributed by atoms with E-state index in [4.69, 9.17) is 0 Å². The number of hydrogen-bond donors (Lipinski definition) is 0. The van der Waals surface area contributed by atoms with Crippen molar-refractivity contribution in [3.8, 4) is 0 Å². The smallest absolute Gasteiger partial charge is 0.0377 e. The molecule has 0 radical (unpaired) electrons. The van der Waals surface area contributed by atoms with Gasteiger partial charge >= 0.3 is 0 Å². The van der Waals surface area contributed by atoms with Crippen LogP contribution in [0.4, 0.5) is 0 Å². The second-order valence-corrected chi connectivity index (χ2v) is 2.59. The molecule has 1 aliphatic rings. The molecule has 0 aromatic carbocycles. The van der Waals surface area contributed by atoms with E-state index in [9.17, 15) is 0 Å². The van der Waals surface area contributed by atoms with E-state index < -0.39 is 0 Å². The molecule has 1 nitrogen and oxygen atoms in total. The molecule has 1 heterocycles. The molecule has 0 saturated carbocycles. The van der Waals surface area contributed by atoms with Crippen LogP contribution in [0.25, 0.3) is 0 Å². The maximum absolute atomic E-state index is 3.89. The van der Waals surface area contributed by atoms with Crippen molar-refractivity contribution in [2.24, 2.45) is 0 Å². The first kappa shape index (κ1) is 7.86. The van der Waals surface area contributed by atoms with E-state index in [1.54, 1.807) is 0 Å². The third-order valence-corrected chi connectivity index (χ3v) is 1.52. The molecule has 0 aromatic heterocycles. The van der Waals surface area contributed by atoms with E-state index in [1.807, 2.05) is 30.2 Å². The van der Waals surface area contributed by atoms with Gasteiger partial charge in [0.05, 0.1) is 0 Å². The SMILES string of the molecule is C=C1C=CC(C)=CN1/C=C\C. The molecular formula is C10H13N. The monoisotopic (exact) mass is 147 g/mol. The fraction of sp³-hybridized carbons (Fsp3) is 0.200. The summed E-state index contributed by atoms with van der Waals surface area (Å²) in [7, 11) is 0. The Morgan fingerprint density at radius 2 is 2.18 bits per heavy atom. The molecule has 0 aliphatic carbocycles. The zero-order chi connectivity index (χ0) is 8.27. The van der Waals surface area contributed by atoms with E-state index in [2.05, 4.69) is 25.8 Å². The van der Waals surface area contributed by atoms with E-state index in [0.717, 1.165) is 5.70 Å². The summed E-state index contributed by atoms with van der Waals surface area (Å²) in [4.78, 5) is 2.01. The molecule has 1 rings (SSSR count). The molecule has 11 heavy (non-hydrogen) atoms. The van der Waals surface area contributed by atoms with Gasteiger partial charge < -0.3 is 4.90 Å². The minimum Gasteiger partial charge on any atom is -0.325 e. The number of rotatable bonds is 1. The van der Waals surface area contributed by atoms with Gasteiger partial charge in [-0.2, -0.15) is 0 Å². The molecular weight excluding hydrogens is 134 g/mol. The molecule has 0 N–H and O–H groups in total. The van der Waals surface area contributed by atoms with Crippen molar-refractivity contribution in [2.75, 3.05) is 0 Å². The Morgan fingerprint density at radius 1 is 1.45 bits per heavy atom. The van der Waals surface area contributed by atoms with Gasteiger partial charge in [0.2, 0.25) is 0 Å². The van der Waals surface area contributed by atoms with Crippen LogP contribution in [-0.4, -0.2) is 4.90 Å². The van der Waals surface area contributed by atoms with Crippen LogP contribution in [0.2, 0.25) is 0 Å². The van der Waals surface area contributed by atoms with Gasteiger partial charge in [-0.3, -0.25) is 0 Å². The highest BCUT2D eigenvalue weighted by Crippen LogP contribution is 2.14. The van der Waals surface area contributed by atoms with Crippen LogP contribution >= 0.6 is 0 Å². The average Bonchev–Trinajstić information content (AvgIpc) is 1.98. The number of hydrogen-bond acceptors (Lipinski definition) is 1. The summed E-state index contributed by atoms with van der Waals surface area (Å²) in [5.74, 6) is 0. The second-order valence-electron chi connectivity index (χ2n) is 2.59. The third kappa shape index (κ3) is 1.84. The summed E-state index contributed by atoms with van der Waals surface area (Å²) in [6, 6.07) is 0. The number of nitrogens with zero attached hydrogens (tertiary/aromatic N) is 1. The Balaban J connectivity index is 2.81. The summed E-state index contributed by atoms with van der Waals surface area (Å²) >= 11 is 0. The van der Waals surface area contributed by atoms with Crippen molar-refractivity contribution < 1.29 is 0 Å². The van der Waals surface area contributed by atoms with Gasteiger partial charge in [0.15, 0.2) is 0 Å². The van der Waals surface area contributed by atoms with E-state index >= 15 is 0 Å². The van der Waals surface area contributed by atoms with Gasteiger partial charge in [0.1, 0.15) is 0 Å². The normalized spacial score (nSPS) is 17.8. The fourth-order valence-corrected chi connectivity index (χ4v) is 0.958.